The van der Waals surface area contributed by atoms with E-state index in [9.17, 15) is 0 Å². The second-order valence-electron chi connectivity index (χ2n) is 4.33. The van der Waals surface area contributed by atoms with Gasteiger partial charge in [0.05, 0.1) is 0 Å². The Bertz CT molecular complexity index is 329. The summed E-state index contributed by atoms with van der Waals surface area (Å²) in [5.41, 5.74) is 2.89. The molecule has 15 heavy (non-hydrogen) atoms. The summed E-state index contributed by atoms with van der Waals surface area (Å²) < 4.78 is 0. The van der Waals surface area contributed by atoms with Crippen LogP contribution in [0.5, 0.6) is 0 Å². The largest absolute Gasteiger partial charge is 0.316 e. The molecule has 1 aliphatic rings. The fraction of sp³-hybridized carbons (Fsp3) is 0.538. The highest BCUT2D eigenvalue weighted by Crippen LogP contribution is 2.22. The van der Waals surface area contributed by atoms with Crippen molar-refractivity contribution < 1.29 is 0 Å². The standard InChI is InChI=1S/C13H18ClN/c1-2-11-3-4-13(14)8-12(11)7-10-5-6-15-9-10/h3-4,8,10,15H,2,5-7,9H2,1H3. The Morgan fingerprint density at radius 1 is 1.40 bits per heavy atom. The summed E-state index contributed by atoms with van der Waals surface area (Å²) >= 11 is 6.04. The molecule has 1 fully saturated rings. The third-order valence-electron chi connectivity index (χ3n) is 3.22. The summed E-state index contributed by atoms with van der Waals surface area (Å²) in [6.07, 6.45) is 3.58. The van der Waals surface area contributed by atoms with Gasteiger partial charge in [-0.15, -0.1) is 0 Å². The van der Waals surface area contributed by atoms with Crippen molar-refractivity contribution in [3.63, 3.8) is 0 Å². The van der Waals surface area contributed by atoms with E-state index in [1.54, 1.807) is 0 Å². The van der Waals surface area contributed by atoms with E-state index in [1.165, 1.54) is 30.5 Å². The maximum Gasteiger partial charge on any atom is 0.0408 e. The lowest BCUT2D eigenvalue weighted by Crippen LogP contribution is -2.11. The molecule has 1 heterocycles. The third-order valence-corrected chi connectivity index (χ3v) is 3.46. The van der Waals surface area contributed by atoms with Crippen molar-refractivity contribution in [1.29, 1.82) is 0 Å². The molecule has 0 saturated carbocycles. The molecule has 2 rings (SSSR count). The Hall–Kier alpha value is -0.530. The van der Waals surface area contributed by atoms with E-state index in [1.807, 2.05) is 6.07 Å². The smallest absolute Gasteiger partial charge is 0.0408 e. The first kappa shape index (κ1) is 11.0. The van der Waals surface area contributed by atoms with Crippen LogP contribution in [0.25, 0.3) is 0 Å². The van der Waals surface area contributed by atoms with Crippen LogP contribution in [0.1, 0.15) is 24.5 Å². The second-order valence-corrected chi connectivity index (χ2v) is 4.77. The SMILES string of the molecule is CCc1ccc(Cl)cc1CC1CCNC1. The summed E-state index contributed by atoms with van der Waals surface area (Å²) in [4.78, 5) is 0. The van der Waals surface area contributed by atoms with Crippen LogP contribution < -0.4 is 5.32 Å². The Balaban J connectivity index is 2.14. The number of hydrogen-bond donors (Lipinski definition) is 1. The molecule has 0 aliphatic carbocycles. The molecule has 0 radical (unpaired) electrons. The van der Waals surface area contributed by atoms with Crippen molar-refractivity contribution in [3.05, 3.63) is 34.3 Å². The van der Waals surface area contributed by atoms with Crippen LogP contribution in [0, 0.1) is 5.92 Å². The Morgan fingerprint density at radius 2 is 2.27 bits per heavy atom. The van der Waals surface area contributed by atoms with Crippen molar-refractivity contribution in [2.75, 3.05) is 13.1 Å². The number of benzene rings is 1. The van der Waals surface area contributed by atoms with E-state index >= 15 is 0 Å². The highest BCUT2D eigenvalue weighted by molar-refractivity contribution is 6.30. The van der Waals surface area contributed by atoms with Gasteiger partial charge in [0.15, 0.2) is 0 Å². The molecule has 1 nitrogen and oxygen atoms in total. The van der Waals surface area contributed by atoms with Crippen molar-refractivity contribution in [3.8, 4) is 0 Å². The number of halogens is 1. The van der Waals surface area contributed by atoms with E-state index < -0.39 is 0 Å². The molecule has 1 aliphatic heterocycles. The Morgan fingerprint density at radius 3 is 2.93 bits per heavy atom. The lowest BCUT2D eigenvalue weighted by atomic mass is 9.94. The molecular formula is C13H18ClN. The number of nitrogens with one attached hydrogen (secondary N) is 1. The molecule has 0 aromatic heterocycles. The topological polar surface area (TPSA) is 12.0 Å². The van der Waals surface area contributed by atoms with Crippen LogP contribution in [0.4, 0.5) is 0 Å². The molecule has 0 spiro atoms. The van der Waals surface area contributed by atoms with Crippen molar-refractivity contribution in [2.45, 2.75) is 26.2 Å². The molecule has 82 valence electrons. The summed E-state index contributed by atoms with van der Waals surface area (Å²) in [6, 6.07) is 6.30. The normalized spacial score (nSPS) is 20.8. The summed E-state index contributed by atoms with van der Waals surface area (Å²) in [7, 11) is 0. The van der Waals surface area contributed by atoms with Crippen molar-refractivity contribution >= 4 is 11.6 Å². The maximum atomic E-state index is 6.04. The predicted octanol–water partition coefficient (Wildman–Crippen LogP) is 3.05. The minimum atomic E-state index is 0.800. The average molecular weight is 224 g/mol. The quantitative estimate of drug-likeness (QED) is 0.831. The molecule has 1 atom stereocenters. The van der Waals surface area contributed by atoms with Crippen LogP contribution in [0.15, 0.2) is 18.2 Å². The maximum absolute atomic E-state index is 6.04. The zero-order chi connectivity index (χ0) is 10.7. The van der Waals surface area contributed by atoms with Gasteiger partial charge >= 0.3 is 0 Å². The van der Waals surface area contributed by atoms with Gasteiger partial charge in [-0.3, -0.25) is 0 Å². The fourth-order valence-electron chi connectivity index (χ4n) is 2.33. The summed E-state index contributed by atoms with van der Waals surface area (Å²) in [6.45, 7) is 4.54. The van der Waals surface area contributed by atoms with Crippen LogP contribution in [-0.2, 0) is 12.8 Å². The first-order valence-electron chi connectivity index (χ1n) is 5.77. The molecule has 2 heteroatoms. The lowest BCUT2D eigenvalue weighted by molar-refractivity contribution is 0.577. The Kier molecular flexibility index (Phi) is 3.66. The molecule has 1 aromatic carbocycles. The number of aryl methyl sites for hydroxylation is 1. The van der Waals surface area contributed by atoms with Gasteiger partial charge in [-0.2, -0.15) is 0 Å². The molecule has 1 N–H and O–H groups in total. The van der Waals surface area contributed by atoms with E-state index in [4.69, 9.17) is 11.6 Å². The molecule has 1 unspecified atom stereocenters. The summed E-state index contributed by atoms with van der Waals surface area (Å²) in [5, 5.41) is 4.28. The minimum Gasteiger partial charge on any atom is -0.316 e. The fourth-order valence-corrected chi connectivity index (χ4v) is 2.52. The summed E-state index contributed by atoms with van der Waals surface area (Å²) in [5.74, 6) is 0.800. The van der Waals surface area contributed by atoms with Gasteiger partial charge in [-0.05, 0) is 61.5 Å². The molecular weight excluding hydrogens is 206 g/mol. The first-order chi connectivity index (χ1) is 7.29. The zero-order valence-electron chi connectivity index (χ0n) is 9.22. The van der Waals surface area contributed by atoms with E-state index in [-0.39, 0.29) is 0 Å². The van der Waals surface area contributed by atoms with Crippen LogP contribution in [0.3, 0.4) is 0 Å². The van der Waals surface area contributed by atoms with Crippen LogP contribution >= 0.6 is 11.6 Å². The van der Waals surface area contributed by atoms with Crippen molar-refractivity contribution in [1.82, 2.24) is 5.32 Å². The van der Waals surface area contributed by atoms with Gasteiger partial charge in [0.1, 0.15) is 0 Å². The molecule has 0 bridgehead atoms. The van der Waals surface area contributed by atoms with Gasteiger partial charge in [0.25, 0.3) is 0 Å². The lowest BCUT2D eigenvalue weighted by Gasteiger charge is -2.12. The van der Waals surface area contributed by atoms with E-state index in [0.717, 1.165) is 23.9 Å². The van der Waals surface area contributed by atoms with Crippen LogP contribution in [0.2, 0.25) is 5.02 Å². The predicted molar refractivity (Wildman–Crippen MR) is 65.5 cm³/mol. The van der Waals surface area contributed by atoms with Gasteiger partial charge in [0, 0.05) is 5.02 Å². The monoisotopic (exact) mass is 223 g/mol. The van der Waals surface area contributed by atoms with Gasteiger partial charge in [-0.1, -0.05) is 24.6 Å². The third kappa shape index (κ3) is 2.73. The van der Waals surface area contributed by atoms with Gasteiger partial charge in [0.2, 0.25) is 0 Å². The number of rotatable bonds is 3. The van der Waals surface area contributed by atoms with E-state index in [0.29, 0.717) is 0 Å². The highest BCUT2D eigenvalue weighted by Gasteiger charge is 2.16. The van der Waals surface area contributed by atoms with Crippen LogP contribution in [-0.4, -0.2) is 13.1 Å². The minimum absolute atomic E-state index is 0.800. The Labute approximate surface area is 96.8 Å². The molecule has 0 amide bonds. The number of hydrogen-bond acceptors (Lipinski definition) is 1. The van der Waals surface area contributed by atoms with Gasteiger partial charge in [-0.25, -0.2) is 0 Å². The van der Waals surface area contributed by atoms with E-state index in [2.05, 4.69) is 24.4 Å². The highest BCUT2D eigenvalue weighted by atomic mass is 35.5. The average Bonchev–Trinajstić information content (AvgIpc) is 2.71. The second kappa shape index (κ2) is 5.00. The zero-order valence-corrected chi connectivity index (χ0v) is 9.98. The molecule has 1 aromatic rings. The molecule has 1 saturated heterocycles. The van der Waals surface area contributed by atoms with Crippen molar-refractivity contribution in [2.24, 2.45) is 5.92 Å². The first-order valence-corrected chi connectivity index (χ1v) is 6.15. The van der Waals surface area contributed by atoms with Gasteiger partial charge < -0.3 is 5.32 Å².